The SMILES string of the molecule is C[C@@H](O)c1ccnc(N2CCOCC2(C)C)c1. The molecular weight excluding hydrogens is 216 g/mol. The van der Waals surface area contributed by atoms with Gasteiger partial charge in [-0.05, 0) is 38.5 Å². The molecule has 0 bridgehead atoms. The van der Waals surface area contributed by atoms with Gasteiger partial charge in [0.1, 0.15) is 5.82 Å². The number of aromatic nitrogens is 1. The summed E-state index contributed by atoms with van der Waals surface area (Å²) in [6, 6.07) is 3.80. The third-order valence-corrected chi connectivity index (χ3v) is 3.17. The van der Waals surface area contributed by atoms with E-state index in [2.05, 4.69) is 23.7 Å². The van der Waals surface area contributed by atoms with Crippen LogP contribution in [0.4, 0.5) is 5.82 Å². The molecule has 1 saturated heterocycles. The number of aliphatic hydroxyl groups excluding tert-OH is 1. The normalized spacial score (nSPS) is 21.3. The van der Waals surface area contributed by atoms with Gasteiger partial charge in [-0.15, -0.1) is 0 Å². The largest absolute Gasteiger partial charge is 0.389 e. The number of rotatable bonds is 2. The summed E-state index contributed by atoms with van der Waals surface area (Å²) in [5, 5.41) is 9.61. The summed E-state index contributed by atoms with van der Waals surface area (Å²) in [5.74, 6) is 0.914. The van der Waals surface area contributed by atoms with Crippen LogP contribution in [0.25, 0.3) is 0 Å². The number of ether oxygens (including phenoxy) is 1. The maximum atomic E-state index is 9.61. The van der Waals surface area contributed by atoms with Crippen LogP contribution in [0.1, 0.15) is 32.4 Å². The maximum absolute atomic E-state index is 9.61. The molecule has 0 amide bonds. The smallest absolute Gasteiger partial charge is 0.129 e. The van der Waals surface area contributed by atoms with Crippen molar-refractivity contribution in [3.05, 3.63) is 23.9 Å². The third-order valence-electron chi connectivity index (χ3n) is 3.17. The molecule has 0 spiro atoms. The number of nitrogens with zero attached hydrogens (tertiary/aromatic N) is 2. The van der Waals surface area contributed by atoms with Crippen LogP contribution in [0.5, 0.6) is 0 Å². The molecular formula is C13H20N2O2. The molecule has 4 nitrogen and oxygen atoms in total. The molecule has 1 atom stereocenters. The Labute approximate surface area is 102 Å². The fraction of sp³-hybridized carbons (Fsp3) is 0.615. The van der Waals surface area contributed by atoms with Crippen LogP contribution in [0.15, 0.2) is 18.3 Å². The van der Waals surface area contributed by atoms with E-state index in [4.69, 9.17) is 4.74 Å². The van der Waals surface area contributed by atoms with Gasteiger partial charge < -0.3 is 14.7 Å². The summed E-state index contributed by atoms with van der Waals surface area (Å²) < 4.78 is 5.50. The molecule has 2 rings (SSSR count). The first-order valence-electron chi connectivity index (χ1n) is 6.00. The Morgan fingerprint density at radius 3 is 2.94 bits per heavy atom. The van der Waals surface area contributed by atoms with Gasteiger partial charge in [-0.1, -0.05) is 0 Å². The van der Waals surface area contributed by atoms with E-state index in [1.165, 1.54) is 0 Å². The molecule has 1 aliphatic heterocycles. The molecule has 2 heterocycles. The lowest BCUT2D eigenvalue weighted by Crippen LogP contribution is -2.53. The molecule has 1 aliphatic rings. The van der Waals surface area contributed by atoms with Gasteiger partial charge in [0.25, 0.3) is 0 Å². The van der Waals surface area contributed by atoms with Crippen molar-refractivity contribution < 1.29 is 9.84 Å². The van der Waals surface area contributed by atoms with Crippen LogP contribution in [-0.2, 0) is 4.74 Å². The van der Waals surface area contributed by atoms with E-state index >= 15 is 0 Å². The monoisotopic (exact) mass is 236 g/mol. The van der Waals surface area contributed by atoms with Crippen LogP contribution in [0.2, 0.25) is 0 Å². The summed E-state index contributed by atoms with van der Waals surface area (Å²) in [5.41, 5.74) is 0.847. The molecule has 4 heteroatoms. The molecule has 0 saturated carbocycles. The summed E-state index contributed by atoms with van der Waals surface area (Å²) in [4.78, 5) is 6.64. The molecule has 1 aromatic heterocycles. The zero-order valence-electron chi connectivity index (χ0n) is 10.7. The Morgan fingerprint density at radius 2 is 2.29 bits per heavy atom. The Morgan fingerprint density at radius 1 is 1.53 bits per heavy atom. The topological polar surface area (TPSA) is 45.6 Å². The molecule has 1 aromatic rings. The average Bonchev–Trinajstić information content (AvgIpc) is 2.28. The number of pyridine rings is 1. The second kappa shape index (κ2) is 4.63. The van der Waals surface area contributed by atoms with Gasteiger partial charge in [0.2, 0.25) is 0 Å². The third kappa shape index (κ3) is 2.58. The maximum Gasteiger partial charge on any atom is 0.129 e. The van der Waals surface area contributed by atoms with Crippen molar-refractivity contribution >= 4 is 5.82 Å². The van der Waals surface area contributed by atoms with Gasteiger partial charge in [0.15, 0.2) is 0 Å². The fourth-order valence-corrected chi connectivity index (χ4v) is 2.12. The predicted molar refractivity (Wildman–Crippen MR) is 67.1 cm³/mol. The summed E-state index contributed by atoms with van der Waals surface area (Å²) in [6.07, 6.45) is 1.30. The molecule has 0 aliphatic carbocycles. The highest BCUT2D eigenvalue weighted by atomic mass is 16.5. The Hall–Kier alpha value is -1.13. The number of hydrogen-bond donors (Lipinski definition) is 1. The highest BCUT2D eigenvalue weighted by Crippen LogP contribution is 2.26. The van der Waals surface area contributed by atoms with E-state index in [9.17, 15) is 5.11 Å². The fourth-order valence-electron chi connectivity index (χ4n) is 2.12. The number of hydrogen-bond acceptors (Lipinski definition) is 4. The minimum atomic E-state index is -0.457. The quantitative estimate of drug-likeness (QED) is 0.849. The average molecular weight is 236 g/mol. The van der Waals surface area contributed by atoms with Crippen molar-refractivity contribution in [2.75, 3.05) is 24.7 Å². The van der Waals surface area contributed by atoms with E-state index < -0.39 is 6.10 Å². The van der Waals surface area contributed by atoms with Crippen molar-refractivity contribution in [3.8, 4) is 0 Å². The van der Waals surface area contributed by atoms with Crippen LogP contribution >= 0.6 is 0 Å². The summed E-state index contributed by atoms with van der Waals surface area (Å²) >= 11 is 0. The first kappa shape index (κ1) is 12.3. The van der Waals surface area contributed by atoms with Gasteiger partial charge in [-0.2, -0.15) is 0 Å². The number of morpholine rings is 1. The lowest BCUT2D eigenvalue weighted by molar-refractivity contribution is 0.0639. The van der Waals surface area contributed by atoms with Crippen molar-refractivity contribution in [2.24, 2.45) is 0 Å². The molecule has 0 unspecified atom stereocenters. The Balaban J connectivity index is 2.29. The number of aliphatic hydroxyl groups is 1. The van der Waals surface area contributed by atoms with Crippen LogP contribution in [0, 0.1) is 0 Å². The van der Waals surface area contributed by atoms with Crippen LogP contribution < -0.4 is 4.90 Å². The first-order chi connectivity index (χ1) is 8.00. The van der Waals surface area contributed by atoms with E-state index in [0.717, 1.165) is 24.5 Å². The molecule has 0 aromatic carbocycles. The van der Waals surface area contributed by atoms with Gasteiger partial charge in [-0.25, -0.2) is 4.98 Å². The number of anilines is 1. The minimum Gasteiger partial charge on any atom is -0.389 e. The van der Waals surface area contributed by atoms with E-state index in [1.807, 2.05) is 12.1 Å². The van der Waals surface area contributed by atoms with Crippen molar-refractivity contribution in [1.82, 2.24) is 4.98 Å². The lowest BCUT2D eigenvalue weighted by Gasteiger charge is -2.43. The first-order valence-corrected chi connectivity index (χ1v) is 6.00. The Kier molecular flexibility index (Phi) is 3.35. The second-order valence-corrected chi connectivity index (χ2v) is 5.14. The van der Waals surface area contributed by atoms with Gasteiger partial charge >= 0.3 is 0 Å². The highest BCUT2D eigenvalue weighted by molar-refractivity contribution is 5.44. The standard InChI is InChI=1S/C13H20N2O2/c1-10(16)11-4-5-14-12(8-11)15-6-7-17-9-13(15,2)3/h4-5,8,10,16H,6-7,9H2,1-3H3/t10-/m1/s1. The lowest BCUT2D eigenvalue weighted by atomic mass is 10.0. The molecule has 17 heavy (non-hydrogen) atoms. The van der Waals surface area contributed by atoms with Crippen molar-refractivity contribution in [3.63, 3.8) is 0 Å². The van der Waals surface area contributed by atoms with E-state index in [0.29, 0.717) is 6.61 Å². The Bertz CT molecular complexity index is 391. The van der Waals surface area contributed by atoms with Crippen molar-refractivity contribution in [1.29, 1.82) is 0 Å². The summed E-state index contributed by atoms with van der Waals surface area (Å²) in [6.45, 7) is 8.32. The van der Waals surface area contributed by atoms with Crippen LogP contribution in [-0.4, -0.2) is 35.4 Å². The predicted octanol–water partition coefficient (Wildman–Crippen LogP) is 1.75. The zero-order valence-corrected chi connectivity index (χ0v) is 10.7. The van der Waals surface area contributed by atoms with Gasteiger partial charge in [0, 0.05) is 12.7 Å². The molecule has 94 valence electrons. The molecule has 1 N–H and O–H groups in total. The second-order valence-electron chi connectivity index (χ2n) is 5.14. The summed E-state index contributed by atoms with van der Waals surface area (Å²) in [7, 11) is 0. The van der Waals surface area contributed by atoms with E-state index in [-0.39, 0.29) is 5.54 Å². The van der Waals surface area contributed by atoms with Gasteiger partial charge in [0.05, 0.1) is 24.9 Å². The minimum absolute atomic E-state index is 0.0530. The molecule has 0 radical (unpaired) electrons. The molecule has 1 fully saturated rings. The van der Waals surface area contributed by atoms with E-state index in [1.54, 1.807) is 13.1 Å². The van der Waals surface area contributed by atoms with Crippen LogP contribution in [0.3, 0.4) is 0 Å². The highest BCUT2D eigenvalue weighted by Gasteiger charge is 2.31. The zero-order chi connectivity index (χ0) is 12.5. The van der Waals surface area contributed by atoms with Crippen molar-refractivity contribution in [2.45, 2.75) is 32.4 Å². The van der Waals surface area contributed by atoms with Gasteiger partial charge in [-0.3, -0.25) is 0 Å².